The van der Waals surface area contributed by atoms with Gasteiger partial charge in [-0.1, -0.05) is 24.3 Å². The van der Waals surface area contributed by atoms with Gasteiger partial charge in [0.25, 0.3) is 17.6 Å². The molecule has 38 heavy (non-hydrogen) atoms. The van der Waals surface area contributed by atoms with Crippen LogP contribution in [-0.2, 0) is 16.9 Å². The Labute approximate surface area is 226 Å². The number of ether oxygens (including phenoxy) is 1. The number of rotatable bonds is 6. The van der Waals surface area contributed by atoms with Gasteiger partial charge >= 0.3 is 0 Å². The Hall–Kier alpha value is -3.83. The highest BCUT2D eigenvalue weighted by atomic mass is 79.9. The topological polar surface area (TPSA) is 128 Å². The van der Waals surface area contributed by atoms with Crippen molar-refractivity contribution in [1.29, 1.82) is 0 Å². The fraction of sp³-hybridized carbons (Fsp3) is 0.296. The van der Waals surface area contributed by atoms with E-state index in [1.165, 1.54) is 12.1 Å². The molecule has 1 spiro atoms. The van der Waals surface area contributed by atoms with Gasteiger partial charge in [0, 0.05) is 40.9 Å². The third kappa shape index (κ3) is 3.60. The minimum Gasteiger partial charge on any atom is -0.488 e. The summed E-state index contributed by atoms with van der Waals surface area (Å²) >= 11 is 3.56. The number of halogens is 1. The quantitative estimate of drug-likeness (QED) is 0.322. The molecule has 0 unspecified atom stereocenters. The zero-order chi connectivity index (χ0) is 26.6. The predicted molar refractivity (Wildman–Crippen MR) is 142 cm³/mol. The van der Waals surface area contributed by atoms with Gasteiger partial charge in [-0.2, -0.15) is 0 Å². The number of non-ortho nitro benzene ring substituents is 1. The summed E-state index contributed by atoms with van der Waals surface area (Å²) in [5.74, 6) is -0.286. The van der Waals surface area contributed by atoms with Crippen molar-refractivity contribution in [1.82, 2.24) is 4.90 Å². The number of benzene rings is 3. The number of hydrogen-bond donors (Lipinski definition) is 1. The van der Waals surface area contributed by atoms with Crippen molar-refractivity contribution in [2.75, 3.05) is 11.9 Å². The molecule has 6 rings (SSSR count). The van der Waals surface area contributed by atoms with Crippen LogP contribution in [-0.4, -0.2) is 39.3 Å². The number of para-hydroxylation sites is 1. The van der Waals surface area contributed by atoms with Crippen molar-refractivity contribution in [3.05, 3.63) is 108 Å². The van der Waals surface area contributed by atoms with E-state index in [0.29, 0.717) is 28.0 Å². The first-order valence-corrected chi connectivity index (χ1v) is 13.1. The predicted octanol–water partition coefficient (Wildman–Crippen LogP) is 4.99. The van der Waals surface area contributed by atoms with Crippen molar-refractivity contribution >= 4 is 33.2 Å². The molecule has 0 radical (unpaired) electrons. The second-order valence-corrected chi connectivity index (χ2v) is 10.7. The number of fused-ring (bicyclic) bond motifs is 4. The Bertz CT molecular complexity index is 1460. The summed E-state index contributed by atoms with van der Waals surface area (Å²) in [4.78, 5) is 38.5. The van der Waals surface area contributed by atoms with Crippen LogP contribution in [0.5, 0.6) is 5.75 Å². The first kappa shape index (κ1) is 24.5. The van der Waals surface area contributed by atoms with Crippen molar-refractivity contribution in [2.45, 2.75) is 43.0 Å². The lowest BCUT2D eigenvalue weighted by Gasteiger charge is -2.32. The molecule has 194 valence electrons. The molecule has 10 nitrogen and oxygen atoms in total. The molecule has 2 fully saturated rings. The van der Waals surface area contributed by atoms with Crippen LogP contribution < -0.4 is 10.1 Å². The van der Waals surface area contributed by atoms with E-state index in [2.05, 4.69) is 26.1 Å². The number of amides is 1. The number of nitro groups is 2. The first-order valence-electron chi connectivity index (χ1n) is 12.3. The smallest absolute Gasteiger partial charge is 0.269 e. The Morgan fingerprint density at radius 3 is 2.55 bits per heavy atom. The normalized spacial score (nSPS) is 25.7. The lowest BCUT2D eigenvalue weighted by Crippen LogP contribution is -2.55. The molecular formula is C27H23BrN4O6. The number of nitrogens with zero attached hydrogens (tertiary/aromatic N) is 3. The zero-order valence-corrected chi connectivity index (χ0v) is 21.7. The molecule has 11 heteroatoms. The van der Waals surface area contributed by atoms with Gasteiger partial charge in [0.05, 0.1) is 15.3 Å². The van der Waals surface area contributed by atoms with Crippen LogP contribution in [0.25, 0.3) is 0 Å². The van der Waals surface area contributed by atoms with Crippen molar-refractivity contribution in [3.63, 3.8) is 0 Å². The maximum absolute atomic E-state index is 13.6. The van der Waals surface area contributed by atoms with Crippen LogP contribution in [0.4, 0.5) is 11.4 Å². The summed E-state index contributed by atoms with van der Waals surface area (Å²) in [6, 6.07) is 17.5. The molecule has 4 atom stereocenters. The van der Waals surface area contributed by atoms with Gasteiger partial charge in [-0.3, -0.25) is 29.9 Å². The highest BCUT2D eigenvalue weighted by Gasteiger charge is 2.73. The number of carbonyl (C=O) groups is 1. The van der Waals surface area contributed by atoms with E-state index in [1.807, 2.05) is 30.3 Å². The Kier molecular flexibility index (Phi) is 5.92. The van der Waals surface area contributed by atoms with Crippen LogP contribution in [0.3, 0.4) is 0 Å². The molecule has 0 bridgehead atoms. The van der Waals surface area contributed by atoms with Crippen LogP contribution in [0.2, 0.25) is 0 Å². The lowest BCUT2D eigenvalue weighted by atomic mass is 9.77. The monoisotopic (exact) mass is 578 g/mol. The maximum atomic E-state index is 13.6. The summed E-state index contributed by atoms with van der Waals surface area (Å²) in [6.07, 6.45) is 1.63. The molecule has 3 aliphatic heterocycles. The van der Waals surface area contributed by atoms with E-state index < -0.39 is 22.4 Å². The summed E-state index contributed by atoms with van der Waals surface area (Å²) in [5.41, 5.74) is 1.49. The fourth-order valence-electron chi connectivity index (χ4n) is 6.49. The molecule has 3 aliphatic rings. The van der Waals surface area contributed by atoms with Crippen LogP contribution in [0, 0.1) is 20.2 Å². The Morgan fingerprint density at radius 2 is 1.84 bits per heavy atom. The van der Waals surface area contributed by atoms with E-state index in [-0.39, 0.29) is 29.2 Å². The second kappa shape index (κ2) is 9.17. The molecule has 1 N–H and O–H groups in total. The average molecular weight is 579 g/mol. The van der Waals surface area contributed by atoms with Crippen molar-refractivity contribution in [2.24, 2.45) is 0 Å². The van der Waals surface area contributed by atoms with Crippen molar-refractivity contribution < 1.29 is 19.4 Å². The number of hydrogen-bond acceptors (Lipinski definition) is 7. The Morgan fingerprint density at radius 1 is 1.08 bits per heavy atom. The largest absolute Gasteiger partial charge is 0.488 e. The average Bonchev–Trinajstić information content (AvgIpc) is 3.56. The summed E-state index contributed by atoms with van der Waals surface area (Å²) in [5, 5.41) is 26.5. The summed E-state index contributed by atoms with van der Waals surface area (Å²) in [6.45, 7) is 0.818. The molecular weight excluding hydrogens is 556 g/mol. The second-order valence-electron chi connectivity index (χ2n) is 9.83. The third-order valence-electron chi connectivity index (χ3n) is 7.98. The van der Waals surface area contributed by atoms with E-state index in [9.17, 15) is 25.0 Å². The Balaban J connectivity index is 1.33. The minimum atomic E-state index is -1.36. The van der Waals surface area contributed by atoms with E-state index >= 15 is 0 Å². The van der Waals surface area contributed by atoms with Gasteiger partial charge in [-0.15, -0.1) is 0 Å². The molecule has 0 aliphatic carbocycles. The van der Waals surface area contributed by atoms with E-state index in [4.69, 9.17) is 4.74 Å². The summed E-state index contributed by atoms with van der Waals surface area (Å²) < 4.78 is 6.57. The summed E-state index contributed by atoms with van der Waals surface area (Å²) in [7, 11) is 0. The molecule has 0 saturated carbocycles. The van der Waals surface area contributed by atoms with Crippen LogP contribution >= 0.6 is 15.9 Å². The van der Waals surface area contributed by atoms with Gasteiger partial charge in [0.1, 0.15) is 12.4 Å². The highest BCUT2D eigenvalue weighted by Crippen LogP contribution is 2.58. The number of nitro benzene ring substituents is 1. The van der Waals surface area contributed by atoms with Crippen LogP contribution in [0.15, 0.2) is 71.2 Å². The number of carbonyl (C=O) groups excluding carboxylic acids is 1. The SMILES string of the molecule is O=C1Nc2ccccc2[C@]12[C@H]([N+](=O)[O-])[C@@H](c1ccc(OCc3ccc([N+](=O)[O-])cc3)c(Br)c1)[C@H]1CCCN12. The van der Waals surface area contributed by atoms with Gasteiger partial charge < -0.3 is 10.1 Å². The minimum absolute atomic E-state index is 0.00786. The van der Waals surface area contributed by atoms with Gasteiger partial charge in [-0.25, -0.2) is 0 Å². The third-order valence-corrected chi connectivity index (χ3v) is 8.60. The van der Waals surface area contributed by atoms with Gasteiger partial charge in [0.2, 0.25) is 0 Å². The van der Waals surface area contributed by atoms with Gasteiger partial charge in [0.15, 0.2) is 5.54 Å². The molecule has 0 aromatic heterocycles. The number of nitrogens with one attached hydrogen (secondary N) is 1. The highest BCUT2D eigenvalue weighted by molar-refractivity contribution is 9.10. The van der Waals surface area contributed by atoms with Crippen LogP contribution in [0.1, 0.15) is 35.4 Å². The van der Waals surface area contributed by atoms with E-state index in [1.54, 1.807) is 24.3 Å². The van der Waals surface area contributed by atoms with E-state index in [0.717, 1.165) is 24.0 Å². The maximum Gasteiger partial charge on any atom is 0.269 e. The molecule has 3 heterocycles. The molecule has 2 saturated heterocycles. The fourth-order valence-corrected chi connectivity index (χ4v) is 7.00. The van der Waals surface area contributed by atoms with Gasteiger partial charge in [-0.05, 0) is 70.2 Å². The van der Waals surface area contributed by atoms with Crippen molar-refractivity contribution in [3.8, 4) is 5.75 Å². The molecule has 3 aromatic carbocycles. The molecule has 1 amide bonds. The molecule has 3 aromatic rings. The standard InChI is InChI=1S/C27H23BrN4O6/c28-20-14-17(9-12-23(20)38-15-16-7-10-18(11-8-16)31(34)35)24-22-6-3-13-30(22)27(25(24)32(36)37)19-4-1-2-5-21(19)29-26(27)33/h1-2,4-5,7-12,14,22,24-25H,3,6,13,15H2,(H,29,33)/t22-,24+,25-,27+/m1/s1. The number of anilines is 1. The first-order chi connectivity index (χ1) is 18.3. The zero-order valence-electron chi connectivity index (χ0n) is 20.1. The lowest BCUT2D eigenvalue weighted by molar-refractivity contribution is -0.534.